The van der Waals surface area contributed by atoms with Crippen molar-refractivity contribution >= 4 is 22.9 Å². The van der Waals surface area contributed by atoms with Gasteiger partial charge >= 0.3 is 0 Å². The largest absolute Gasteiger partial charge is 0.496 e. The Morgan fingerprint density at radius 1 is 1.21 bits per heavy atom. The highest BCUT2D eigenvalue weighted by Crippen LogP contribution is 2.34. The van der Waals surface area contributed by atoms with Gasteiger partial charge in [-0.1, -0.05) is 35.9 Å². The topological polar surface area (TPSA) is 25.4 Å². The lowest BCUT2D eigenvalue weighted by Crippen LogP contribution is -2.32. The Labute approximate surface area is 180 Å². The van der Waals surface area contributed by atoms with Gasteiger partial charge in [-0.3, -0.25) is 4.90 Å². The van der Waals surface area contributed by atoms with Gasteiger partial charge in [-0.2, -0.15) is 0 Å². The predicted octanol–water partition coefficient (Wildman–Crippen LogP) is 5.91. The second-order valence-electron chi connectivity index (χ2n) is 7.44. The fraction of sp³-hybridized carbons (Fsp3) is 0.348. The molecule has 2 aromatic carbocycles. The van der Waals surface area contributed by atoms with E-state index >= 15 is 0 Å². The molecule has 2 heterocycles. The van der Waals surface area contributed by atoms with Gasteiger partial charge in [-0.25, -0.2) is 9.37 Å². The Bertz CT molecular complexity index is 969. The molecule has 6 heteroatoms. The van der Waals surface area contributed by atoms with Crippen molar-refractivity contribution in [1.82, 2.24) is 9.88 Å². The minimum atomic E-state index is -0.310. The summed E-state index contributed by atoms with van der Waals surface area (Å²) in [4.78, 5) is 7.24. The number of benzene rings is 2. The Balaban J connectivity index is 1.33. The van der Waals surface area contributed by atoms with Gasteiger partial charge in [0, 0.05) is 23.4 Å². The third kappa shape index (κ3) is 4.97. The van der Waals surface area contributed by atoms with Crippen molar-refractivity contribution in [3.05, 3.63) is 80.5 Å². The summed E-state index contributed by atoms with van der Waals surface area (Å²) < 4.78 is 18.8. The first-order chi connectivity index (χ1) is 14.1. The summed E-state index contributed by atoms with van der Waals surface area (Å²) in [5.74, 6) is 1.23. The van der Waals surface area contributed by atoms with E-state index in [9.17, 15) is 4.39 Å². The van der Waals surface area contributed by atoms with Crippen molar-refractivity contribution in [2.75, 3.05) is 20.2 Å². The first-order valence-corrected chi connectivity index (χ1v) is 11.1. The highest BCUT2D eigenvalue weighted by Gasteiger charge is 2.23. The maximum absolute atomic E-state index is 13.2. The Kier molecular flexibility index (Phi) is 6.48. The Morgan fingerprint density at radius 2 is 2.00 bits per heavy atom. The van der Waals surface area contributed by atoms with Gasteiger partial charge in [0.1, 0.15) is 11.6 Å². The molecule has 3 aromatic rings. The summed E-state index contributed by atoms with van der Waals surface area (Å²) in [6.07, 6.45) is 2.89. The molecular weight excluding hydrogens is 407 g/mol. The number of hydrogen-bond acceptors (Lipinski definition) is 4. The van der Waals surface area contributed by atoms with Crippen LogP contribution in [0.25, 0.3) is 0 Å². The van der Waals surface area contributed by atoms with E-state index in [2.05, 4.69) is 22.4 Å². The van der Waals surface area contributed by atoms with Crippen molar-refractivity contribution in [2.24, 2.45) is 0 Å². The number of piperidine rings is 1. The van der Waals surface area contributed by atoms with Crippen molar-refractivity contribution in [1.29, 1.82) is 0 Å². The average molecular weight is 431 g/mol. The molecule has 0 N–H and O–H groups in total. The van der Waals surface area contributed by atoms with E-state index in [-0.39, 0.29) is 5.82 Å². The van der Waals surface area contributed by atoms with Crippen LogP contribution in [-0.4, -0.2) is 30.1 Å². The molecule has 0 spiro atoms. The first-order valence-electron chi connectivity index (χ1n) is 9.85. The molecule has 0 unspecified atom stereocenters. The van der Waals surface area contributed by atoms with Crippen LogP contribution >= 0.6 is 22.9 Å². The van der Waals surface area contributed by atoms with Gasteiger partial charge in [0.2, 0.25) is 0 Å². The monoisotopic (exact) mass is 430 g/mol. The zero-order chi connectivity index (χ0) is 20.2. The molecule has 152 valence electrons. The highest BCUT2D eigenvalue weighted by molar-refractivity contribution is 7.09. The molecule has 29 heavy (non-hydrogen) atoms. The number of para-hydroxylation sites is 1. The van der Waals surface area contributed by atoms with E-state index in [1.807, 2.05) is 12.1 Å². The number of rotatable bonds is 6. The molecule has 0 atom stereocenters. The molecule has 4 rings (SSSR count). The summed E-state index contributed by atoms with van der Waals surface area (Å²) in [6.45, 7) is 2.98. The van der Waals surface area contributed by atoms with Crippen LogP contribution in [0, 0.1) is 5.82 Å². The van der Waals surface area contributed by atoms with Crippen LogP contribution in [0.4, 0.5) is 4.39 Å². The van der Waals surface area contributed by atoms with Gasteiger partial charge in [0.05, 0.1) is 17.8 Å². The summed E-state index contributed by atoms with van der Waals surface area (Å²) >= 11 is 7.79. The van der Waals surface area contributed by atoms with Crippen molar-refractivity contribution in [3.63, 3.8) is 0 Å². The third-order valence-electron chi connectivity index (χ3n) is 5.51. The number of nitrogens with zero attached hydrogens (tertiary/aromatic N) is 2. The lowest BCUT2D eigenvalue weighted by atomic mass is 9.89. The van der Waals surface area contributed by atoms with Gasteiger partial charge < -0.3 is 4.74 Å². The molecule has 0 aliphatic carbocycles. The minimum absolute atomic E-state index is 0.310. The quantitative estimate of drug-likeness (QED) is 0.485. The van der Waals surface area contributed by atoms with Crippen LogP contribution in [0.3, 0.4) is 0 Å². The number of halogens is 2. The maximum atomic E-state index is 13.2. The van der Waals surface area contributed by atoms with E-state index in [0.717, 1.165) is 54.5 Å². The zero-order valence-corrected chi connectivity index (χ0v) is 18.0. The molecule has 0 radical (unpaired) electrons. The molecule has 3 nitrogen and oxygen atoms in total. The number of likely N-dealkylation sites (tertiary alicyclic amines) is 1. The van der Waals surface area contributed by atoms with E-state index in [1.54, 1.807) is 24.5 Å². The van der Waals surface area contributed by atoms with E-state index < -0.39 is 0 Å². The van der Waals surface area contributed by atoms with E-state index in [4.69, 9.17) is 21.3 Å². The lowest BCUT2D eigenvalue weighted by Gasteiger charge is -2.32. The van der Waals surface area contributed by atoms with Crippen LogP contribution in [0.15, 0.2) is 47.8 Å². The number of thiazole rings is 1. The normalized spacial score (nSPS) is 15.6. The van der Waals surface area contributed by atoms with Crippen LogP contribution < -0.4 is 4.74 Å². The number of aromatic nitrogens is 1. The molecule has 0 saturated carbocycles. The lowest BCUT2D eigenvalue weighted by molar-refractivity contribution is 0.201. The Hall–Kier alpha value is -1.95. The van der Waals surface area contributed by atoms with Crippen LogP contribution in [0.1, 0.15) is 40.6 Å². The summed E-state index contributed by atoms with van der Waals surface area (Å²) in [6, 6.07) is 12.9. The highest BCUT2D eigenvalue weighted by atomic mass is 35.5. The molecule has 1 aromatic heterocycles. The van der Waals surface area contributed by atoms with Crippen molar-refractivity contribution in [3.8, 4) is 5.75 Å². The molecule has 0 amide bonds. The van der Waals surface area contributed by atoms with Crippen LogP contribution in [0.5, 0.6) is 5.75 Å². The SMILES string of the molecule is COc1ccccc1C1CCN(Cc2csc(Cc3ccc(F)cc3Cl)n2)CC1. The molecule has 1 aliphatic rings. The number of hydrogen-bond donors (Lipinski definition) is 0. The first kappa shape index (κ1) is 20.3. The van der Waals surface area contributed by atoms with E-state index in [1.165, 1.54) is 17.7 Å². The van der Waals surface area contributed by atoms with Gasteiger partial charge in [0.15, 0.2) is 0 Å². The van der Waals surface area contributed by atoms with Crippen molar-refractivity contribution < 1.29 is 9.13 Å². The molecule has 1 aliphatic heterocycles. The summed E-state index contributed by atoms with van der Waals surface area (Å²) in [5, 5.41) is 3.59. The summed E-state index contributed by atoms with van der Waals surface area (Å²) in [7, 11) is 1.74. The smallest absolute Gasteiger partial charge is 0.124 e. The Morgan fingerprint density at radius 3 is 2.76 bits per heavy atom. The number of methoxy groups -OCH3 is 1. The third-order valence-corrected chi connectivity index (χ3v) is 6.76. The molecule has 1 fully saturated rings. The van der Waals surface area contributed by atoms with E-state index in [0.29, 0.717) is 17.4 Å². The van der Waals surface area contributed by atoms with Gasteiger partial charge in [-0.05, 0) is 61.2 Å². The zero-order valence-electron chi connectivity index (χ0n) is 16.4. The maximum Gasteiger partial charge on any atom is 0.124 e. The van der Waals surface area contributed by atoms with Crippen LogP contribution in [0.2, 0.25) is 5.02 Å². The second kappa shape index (κ2) is 9.24. The minimum Gasteiger partial charge on any atom is -0.496 e. The van der Waals surface area contributed by atoms with Gasteiger partial charge in [-0.15, -0.1) is 11.3 Å². The standard InChI is InChI=1S/C23H24ClFN2OS/c1-28-22-5-3-2-4-20(22)16-8-10-27(11-9-16)14-19-15-29-23(26-19)12-17-6-7-18(25)13-21(17)24/h2-7,13,15-16H,8-12,14H2,1H3. The fourth-order valence-corrected chi connectivity index (χ4v) is 5.01. The van der Waals surface area contributed by atoms with Crippen LogP contribution in [-0.2, 0) is 13.0 Å². The fourth-order valence-electron chi connectivity index (χ4n) is 3.97. The predicted molar refractivity (Wildman–Crippen MR) is 117 cm³/mol. The van der Waals surface area contributed by atoms with Crippen molar-refractivity contribution in [2.45, 2.75) is 31.7 Å². The average Bonchev–Trinajstić information content (AvgIpc) is 3.17. The number of ether oxygens (including phenoxy) is 1. The molecular formula is C23H24ClFN2OS. The van der Waals surface area contributed by atoms with Gasteiger partial charge in [0.25, 0.3) is 0 Å². The second-order valence-corrected chi connectivity index (χ2v) is 8.79. The summed E-state index contributed by atoms with van der Waals surface area (Å²) in [5.41, 5.74) is 3.33. The molecule has 0 bridgehead atoms. The molecule has 1 saturated heterocycles.